The maximum atomic E-state index is 5.59. The molecule has 1 aromatic carbocycles. The highest BCUT2D eigenvalue weighted by atomic mass is 16.5. The summed E-state index contributed by atoms with van der Waals surface area (Å²) in [6, 6.07) is 8.84. The van der Waals surface area contributed by atoms with Crippen molar-refractivity contribution in [1.82, 2.24) is 5.32 Å². The topological polar surface area (TPSA) is 30.5 Å². The first-order chi connectivity index (χ1) is 9.24. The van der Waals surface area contributed by atoms with Crippen LogP contribution >= 0.6 is 0 Å². The zero-order valence-electron chi connectivity index (χ0n) is 12.4. The lowest BCUT2D eigenvalue weighted by Crippen LogP contribution is -2.23. The smallest absolute Gasteiger partial charge is 0.0591 e. The lowest BCUT2D eigenvalue weighted by atomic mass is 10.0. The number of hydrogen-bond donors (Lipinski definition) is 1. The molecule has 3 heteroatoms. The maximum absolute atomic E-state index is 5.59. The molecular formula is C16H27NO2. The number of benzene rings is 1. The summed E-state index contributed by atoms with van der Waals surface area (Å²) < 4.78 is 10.5. The SMILES string of the molecule is COCCNCCOCCc1ccc(C(C)C)cc1. The van der Waals surface area contributed by atoms with Gasteiger partial charge in [0.2, 0.25) is 0 Å². The van der Waals surface area contributed by atoms with Gasteiger partial charge in [-0.15, -0.1) is 0 Å². The van der Waals surface area contributed by atoms with Gasteiger partial charge in [0.05, 0.1) is 19.8 Å². The minimum absolute atomic E-state index is 0.600. The predicted molar refractivity (Wildman–Crippen MR) is 79.8 cm³/mol. The fourth-order valence-corrected chi connectivity index (χ4v) is 1.80. The van der Waals surface area contributed by atoms with Gasteiger partial charge in [0, 0.05) is 20.2 Å². The Bertz CT molecular complexity index is 322. The van der Waals surface area contributed by atoms with E-state index in [2.05, 4.69) is 43.4 Å². The molecule has 0 aliphatic heterocycles. The number of rotatable bonds is 10. The van der Waals surface area contributed by atoms with Crippen LogP contribution in [-0.2, 0) is 15.9 Å². The van der Waals surface area contributed by atoms with E-state index >= 15 is 0 Å². The maximum Gasteiger partial charge on any atom is 0.0591 e. The Hall–Kier alpha value is -0.900. The molecule has 1 rings (SSSR count). The van der Waals surface area contributed by atoms with Gasteiger partial charge in [-0.3, -0.25) is 0 Å². The average molecular weight is 265 g/mol. The third kappa shape index (κ3) is 7.31. The minimum Gasteiger partial charge on any atom is -0.383 e. The molecule has 108 valence electrons. The molecule has 0 fully saturated rings. The van der Waals surface area contributed by atoms with Gasteiger partial charge < -0.3 is 14.8 Å². The number of nitrogens with one attached hydrogen (secondary N) is 1. The van der Waals surface area contributed by atoms with E-state index in [9.17, 15) is 0 Å². The summed E-state index contributed by atoms with van der Waals surface area (Å²) in [5.41, 5.74) is 2.74. The van der Waals surface area contributed by atoms with Crippen molar-refractivity contribution in [3.05, 3.63) is 35.4 Å². The van der Waals surface area contributed by atoms with Crippen LogP contribution in [-0.4, -0.2) is 40.0 Å². The van der Waals surface area contributed by atoms with E-state index in [1.54, 1.807) is 7.11 Å². The monoisotopic (exact) mass is 265 g/mol. The van der Waals surface area contributed by atoms with E-state index in [4.69, 9.17) is 9.47 Å². The lowest BCUT2D eigenvalue weighted by molar-refractivity contribution is 0.135. The van der Waals surface area contributed by atoms with Crippen LogP contribution in [0, 0.1) is 0 Å². The molecule has 0 spiro atoms. The van der Waals surface area contributed by atoms with Crippen molar-refractivity contribution in [2.45, 2.75) is 26.2 Å². The highest BCUT2D eigenvalue weighted by Gasteiger charge is 1.99. The van der Waals surface area contributed by atoms with Crippen LogP contribution in [0.25, 0.3) is 0 Å². The molecule has 0 amide bonds. The van der Waals surface area contributed by atoms with Crippen molar-refractivity contribution in [3.63, 3.8) is 0 Å². The summed E-state index contributed by atoms with van der Waals surface area (Å²) >= 11 is 0. The van der Waals surface area contributed by atoms with Crippen LogP contribution in [0.4, 0.5) is 0 Å². The van der Waals surface area contributed by atoms with Crippen molar-refractivity contribution in [3.8, 4) is 0 Å². The number of methoxy groups -OCH3 is 1. The minimum atomic E-state index is 0.600. The standard InChI is InChI=1S/C16H27NO2/c1-14(2)16-6-4-15(5-7-16)8-11-19-13-10-17-9-12-18-3/h4-7,14,17H,8-13H2,1-3H3. The molecule has 0 heterocycles. The highest BCUT2D eigenvalue weighted by molar-refractivity contribution is 5.24. The summed E-state index contributed by atoms with van der Waals surface area (Å²) in [7, 11) is 1.71. The Kier molecular flexibility index (Phi) is 8.47. The molecule has 1 N–H and O–H groups in total. The first-order valence-corrected chi connectivity index (χ1v) is 7.10. The molecular weight excluding hydrogens is 238 g/mol. The van der Waals surface area contributed by atoms with Gasteiger partial charge >= 0.3 is 0 Å². The second kappa shape index (κ2) is 9.96. The average Bonchev–Trinajstić information content (AvgIpc) is 2.42. The van der Waals surface area contributed by atoms with Crippen LogP contribution in [0.2, 0.25) is 0 Å². The molecule has 0 aromatic heterocycles. The summed E-state index contributed by atoms with van der Waals surface area (Å²) in [5, 5.41) is 3.25. The van der Waals surface area contributed by atoms with Crippen LogP contribution in [0.5, 0.6) is 0 Å². The fraction of sp³-hybridized carbons (Fsp3) is 0.625. The zero-order valence-corrected chi connectivity index (χ0v) is 12.4. The summed E-state index contributed by atoms with van der Waals surface area (Å²) in [6.45, 7) is 8.50. The highest BCUT2D eigenvalue weighted by Crippen LogP contribution is 2.14. The Morgan fingerprint density at radius 3 is 2.32 bits per heavy atom. The quantitative estimate of drug-likeness (QED) is 0.660. The van der Waals surface area contributed by atoms with Gasteiger partial charge in [-0.1, -0.05) is 38.1 Å². The van der Waals surface area contributed by atoms with E-state index in [1.165, 1.54) is 11.1 Å². The van der Waals surface area contributed by atoms with Crippen LogP contribution in [0.15, 0.2) is 24.3 Å². The summed E-state index contributed by atoms with van der Waals surface area (Å²) in [5.74, 6) is 0.600. The van der Waals surface area contributed by atoms with E-state index < -0.39 is 0 Å². The molecule has 0 saturated carbocycles. The third-order valence-corrected chi connectivity index (χ3v) is 3.09. The van der Waals surface area contributed by atoms with Gasteiger partial charge in [0.1, 0.15) is 0 Å². The van der Waals surface area contributed by atoms with E-state index in [1.807, 2.05) is 0 Å². The Morgan fingerprint density at radius 2 is 1.68 bits per heavy atom. The van der Waals surface area contributed by atoms with E-state index in [0.29, 0.717) is 5.92 Å². The summed E-state index contributed by atoms with van der Waals surface area (Å²) in [6.07, 6.45) is 0.983. The zero-order chi connectivity index (χ0) is 13.9. The van der Waals surface area contributed by atoms with Gasteiger partial charge in [0.25, 0.3) is 0 Å². The van der Waals surface area contributed by atoms with Gasteiger partial charge in [-0.05, 0) is 23.5 Å². The van der Waals surface area contributed by atoms with Crippen LogP contribution < -0.4 is 5.32 Å². The molecule has 3 nitrogen and oxygen atoms in total. The molecule has 0 bridgehead atoms. The van der Waals surface area contributed by atoms with Gasteiger partial charge in [0.15, 0.2) is 0 Å². The first-order valence-electron chi connectivity index (χ1n) is 7.10. The second-order valence-electron chi connectivity index (χ2n) is 5.00. The Labute approximate surface area is 117 Å². The normalized spacial score (nSPS) is 11.2. The predicted octanol–water partition coefficient (Wildman–Crippen LogP) is 2.61. The fourth-order valence-electron chi connectivity index (χ4n) is 1.80. The van der Waals surface area contributed by atoms with Crippen molar-refractivity contribution < 1.29 is 9.47 Å². The molecule has 1 aromatic rings. The number of ether oxygens (including phenoxy) is 2. The van der Waals surface area contributed by atoms with Gasteiger partial charge in [-0.2, -0.15) is 0 Å². The third-order valence-electron chi connectivity index (χ3n) is 3.09. The van der Waals surface area contributed by atoms with Crippen LogP contribution in [0.1, 0.15) is 30.9 Å². The molecule has 0 aliphatic rings. The number of hydrogen-bond acceptors (Lipinski definition) is 3. The molecule has 0 atom stereocenters. The Morgan fingerprint density at radius 1 is 1.00 bits per heavy atom. The van der Waals surface area contributed by atoms with E-state index in [-0.39, 0.29) is 0 Å². The molecule has 0 aliphatic carbocycles. The van der Waals surface area contributed by atoms with Crippen LogP contribution in [0.3, 0.4) is 0 Å². The lowest BCUT2D eigenvalue weighted by Gasteiger charge is -2.08. The molecule has 0 saturated heterocycles. The molecule has 0 unspecified atom stereocenters. The Balaban J connectivity index is 2.06. The second-order valence-corrected chi connectivity index (χ2v) is 5.00. The molecule has 0 radical (unpaired) electrons. The van der Waals surface area contributed by atoms with Gasteiger partial charge in [-0.25, -0.2) is 0 Å². The van der Waals surface area contributed by atoms with Crippen molar-refractivity contribution >= 4 is 0 Å². The summed E-state index contributed by atoms with van der Waals surface area (Å²) in [4.78, 5) is 0. The van der Waals surface area contributed by atoms with Crippen molar-refractivity contribution in [2.24, 2.45) is 0 Å². The van der Waals surface area contributed by atoms with Crippen molar-refractivity contribution in [2.75, 3.05) is 40.0 Å². The first kappa shape index (κ1) is 16.2. The van der Waals surface area contributed by atoms with Crippen molar-refractivity contribution in [1.29, 1.82) is 0 Å². The molecule has 19 heavy (non-hydrogen) atoms. The van der Waals surface area contributed by atoms with E-state index in [0.717, 1.165) is 39.3 Å². The largest absolute Gasteiger partial charge is 0.383 e.